The molecule has 9 nitrogen and oxygen atoms in total. The van der Waals surface area contributed by atoms with E-state index in [0.29, 0.717) is 36.9 Å². The van der Waals surface area contributed by atoms with E-state index in [-0.39, 0.29) is 5.91 Å². The fourth-order valence-electron chi connectivity index (χ4n) is 8.23. The molecule has 244 valence electrons. The van der Waals surface area contributed by atoms with Gasteiger partial charge < -0.3 is 25.3 Å². The third-order valence-electron chi connectivity index (χ3n) is 11.2. The summed E-state index contributed by atoms with van der Waals surface area (Å²) in [5.41, 5.74) is 8.51. The average molecular weight is 615 g/mol. The van der Waals surface area contributed by atoms with Crippen LogP contribution in [0.4, 0.5) is 5.69 Å². The maximum absolute atomic E-state index is 12.5. The SMILES string of the molecule is CCc1cc(-c2cnn(C)c2)c(C)cc1N(CC)C(=N)C1=C(NC2CCN(C3CCC4(CC3)CNC4)CC2)CCN(C(C)=O)C1. The molecular weight excluding hydrogens is 560 g/mol. The number of nitrogens with zero attached hydrogens (tertiary/aromatic N) is 5. The van der Waals surface area contributed by atoms with Crippen LogP contribution in [0.5, 0.6) is 0 Å². The van der Waals surface area contributed by atoms with Crippen molar-refractivity contribution in [1.29, 1.82) is 5.41 Å². The minimum Gasteiger partial charge on any atom is -0.385 e. The molecule has 4 heterocycles. The van der Waals surface area contributed by atoms with Crippen molar-refractivity contribution in [3.8, 4) is 11.1 Å². The van der Waals surface area contributed by atoms with Crippen LogP contribution < -0.4 is 15.5 Å². The smallest absolute Gasteiger partial charge is 0.219 e. The highest BCUT2D eigenvalue weighted by Crippen LogP contribution is 2.41. The minimum atomic E-state index is 0.0774. The van der Waals surface area contributed by atoms with Gasteiger partial charge in [0.15, 0.2) is 0 Å². The van der Waals surface area contributed by atoms with Gasteiger partial charge in [-0.15, -0.1) is 0 Å². The summed E-state index contributed by atoms with van der Waals surface area (Å²) >= 11 is 0. The van der Waals surface area contributed by atoms with Crippen molar-refractivity contribution in [3.63, 3.8) is 0 Å². The number of anilines is 1. The van der Waals surface area contributed by atoms with Crippen LogP contribution in [0.1, 0.15) is 76.8 Å². The van der Waals surface area contributed by atoms with E-state index in [1.54, 1.807) is 6.92 Å². The van der Waals surface area contributed by atoms with Gasteiger partial charge in [-0.3, -0.25) is 14.9 Å². The number of likely N-dealkylation sites (N-methyl/N-ethyl adjacent to an activating group) is 1. The van der Waals surface area contributed by atoms with Gasteiger partial charge in [-0.25, -0.2) is 0 Å². The highest BCUT2D eigenvalue weighted by atomic mass is 16.2. The third-order valence-corrected chi connectivity index (χ3v) is 11.2. The average Bonchev–Trinajstić information content (AvgIpc) is 3.47. The second kappa shape index (κ2) is 13.3. The number of carbonyl (C=O) groups is 1. The zero-order chi connectivity index (χ0) is 31.7. The van der Waals surface area contributed by atoms with Gasteiger partial charge in [0.2, 0.25) is 5.91 Å². The first kappa shape index (κ1) is 31.8. The molecule has 2 saturated heterocycles. The molecule has 0 bridgehead atoms. The molecule has 3 fully saturated rings. The predicted molar refractivity (Wildman–Crippen MR) is 183 cm³/mol. The maximum atomic E-state index is 12.5. The number of amides is 1. The Bertz CT molecular complexity index is 1420. The van der Waals surface area contributed by atoms with E-state index in [9.17, 15) is 10.2 Å². The Morgan fingerprint density at radius 1 is 1.13 bits per heavy atom. The highest BCUT2D eigenvalue weighted by molar-refractivity contribution is 6.09. The fourth-order valence-corrected chi connectivity index (χ4v) is 8.23. The Morgan fingerprint density at radius 3 is 2.44 bits per heavy atom. The van der Waals surface area contributed by atoms with Crippen molar-refractivity contribution in [2.75, 3.05) is 50.7 Å². The predicted octanol–water partition coefficient (Wildman–Crippen LogP) is 4.85. The Labute approximate surface area is 269 Å². The molecule has 2 aromatic rings. The van der Waals surface area contributed by atoms with Crippen LogP contribution in [0.25, 0.3) is 11.1 Å². The molecule has 1 spiro atoms. The van der Waals surface area contributed by atoms with Crippen LogP contribution in [0.2, 0.25) is 0 Å². The second-order valence-electron chi connectivity index (χ2n) is 14.1. The van der Waals surface area contributed by atoms with Crippen molar-refractivity contribution < 1.29 is 4.79 Å². The molecule has 0 atom stereocenters. The van der Waals surface area contributed by atoms with E-state index < -0.39 is 0 Å². The highest BCUT2D eigenvalue weighted by Gasteiger charge is 2.41. The normalized spacial score (nSPS) is 21.2. The Kier molecular flexibility index (Phi) is 9.39. The standard InChI is InChI=1S/C36H54N8O/c1-6-27-19-31(28-20-39-41(5)21-28)25(3)18-34(27)44(7-2)35(37)32-22-43(26(4)45)17-12-33(32)40-29-10-15-42(16-11-29)30-8-13-36(14-9-30)23-38-24-36/h18-21,29-30,37-38,40H,6-17,22-24H2,1-5H3. The van der Waals surface area contributed by atoms with Crippen LogP contribution >= 0.6 is 0 Å². The van der Waals surface area contributed by atoms with Gasteiger partial charge in [0.1, 0.15) is 5.84 Å². The maximum Gasteiger partial charge on any atom is 0.219 e. The Balaban J connectivity index is 1.19. The topological polar surface area (TPSA) is 92.5 Å². The first-order chi connectivity index (χ1) is 21.7. The van der Waals surface area contributed by atoms with E-state index in [1.165, 1.54) is 55.5 Å². The number of likely N-dealkylation sites (tertiary alicyclic amines) is 1. The molecule has 3 aliphatic heterocycles. The van der Waals surface area contributed by atoms with E-state index in [0.717, 1.165) is 67.3 Å². The molecule has 1 saturated carbocycles. The van der Waals surface area contributed by atoms with Crippen molar-refractivity contribution in [3.05, 3.63) is 46.9 Å². The van der Waals surface area contributed by atoms with E-state index >= 15 is 0 Å². The molecule has 3 N–H and O–H groups in total. The largest absolute Gasteiger partial charge is 0.385 e. The van der Waals surface area contributed by atoms with Gasteiger partial charge >= 0.3 is 0 Å². The number of piperidine rings is 1. The van der Waals surface area contributed by atoms with Crippen LogP contribution in [0, 0.1) is 17.7 Å². The summed E-state index contributed by atoms with van der Waals surface area (Å²) in [5, 5.41) is 21.4. The van der Waals surface area contributed by atoms with Crippen LogP contribution in [-0.2, 0) is 18.3 Å². The van der Waals surface area contributed by atoms with Crippen molar-refractivity contribution in [2.45, 2.75) is 91.1 Å². The molecule has 0 radical (unpaired) electrons. The summed E-state index contributed by atoms with van der Waals surface area (Å²) in [4.78, 5) is 19.3. The summed E-state index contributed by atoms with van der Waals surface area (Å²) < 4.78 is 1.84. The lowest BCUT2D eigenvalue weighted by atomic mass is 9.68. The summed E-state index contributed by atoms with van der Waals surface area (Å²) in [6.07, 6.45) is 13.4. The van der Waals surface area contributed by atoms with E-state index in [4.69, 9.17) is 0 Å². The quantitative estimate of drug-likeness (QED) is 0.291. The van der Waals surface area contributed by atoms with Crippen molar-refractivity contribution in [2.24, 2.45) is 12.5 Å². The lowest BCUT2D eigenvalue weighted by Gasteiger charge is -2.50. The molecule has 1 amide bonds. The number of nitrogens with one attached hydrogen (secondary N) is 3. The monoisotopic (exact) mass is 614 g/mol. The van der Waals surface area contributed by atoms with Crippen LogP contribution in [-0.4, -0.2) is 89.2 Å². The molecule has 45 heavy (non-hydrogen) atoms. The Hall–Kier alpha value is -3.17. The molecule has 1 aliphatic carbocycles. The van der Waals surface area contributed by atoms with Crippen LogP contribution in [0.15, 0.2) is 35.8 Å². The van der Waals surface area contributed by atoms with Gasteiger partial charge in [-0.2, -0.15) is 5.10 Å². The fraction of sp³-hybridized carbons (Fsp3) is 0.639. The summed E-state index contributed by atoms with van der Waals surface area (Å²) in [5.74, 6) is 0.585. The number of amidine groups is 1. The summed E-state index contributed by atoms with van der Waals surface area (Å²) in [6, 6.07) is 5.67. The first-order valence-corrected chi connectivity index (χ1v) is 17.4. The number of carbonyl (C=O) groups excluding carboxylic acids is 1. The lowest BCUT2D eigenvalue weighted by molar-refractivity contribution is -0.128. The van der Waals surface area contributed by atoms with Gasteiger partial charge in [0.25, 0.3) is 0 Å². The summed E-state index contributed by atoms with van der Waals surface area (Å²) in [7, 11) is 1.95. The number of aromatic nitrogens is 2. The van der Waals surface area contributed by atoms with E-state index in [2.05, 4.69) is 64.6 Å². The molecular formula is C36H54N8O. The lowest BCUT2D eigenvalue weighted by Crippen LogP contribution is -2.57. The molecule has 1 aromatic heterocycles. The van der Waals surface area contributed by atoms with Gasteiger partial charge in [-0.1, -0.05) is 6.92 Å². The van der Waals surface area contributed by atoms with Gasteiger partial charge in [0, 0.05) is 100 Å². The zero-order valence-corrected chi connectivity index (χ0v) is 28.2. The molecule has 4 aliphatic rings. The summed E-state index contributed by atoms with van der Waals surface area (Å²) in [6.45, 7) is 14.7. The molecule has 9 heteroatoms. The van der Waals surface area contributed by atoms with E-state index in [1.807, 2.05) is 22.8 Å². The second-order valence-corrected chi connectivity index (χ2v) is 14.1. The zero-order valence-electron chi connectivity index (χ0n) is 28.2. The number of benzene rings is 1. The third kappa shape index (κ3) is 6.57. The number of aryl methyl sites for hydroxylation is 3. The van der Waals surface area contributed by atoms with Crippen LogP contribution in [0.3, 0.4) is 0 Å². The Morgan fingerprint density at radius 2 is 1.87 bits per heavy atom. The molecule has 0 unspecified atom stereocenters. The number of rotatable bonds is 8. The van der Waals surface area contributed by atoms with Crippen molar-refractivity contribution >= 4 is 17.4 Å². The minimum absolute atomic E-state index is 0.0774. The number of hydrogen-bond acceptors (Lipinski definition) is 6. The van der Waals surface area contributed by atoms with Gasteiger partial charge in [-0.05, 0) is 93.0 Å². The van der Waals surface area contributed by atoms with Crippen molar-refractivity contribution in [1.82, 2.24) is 30.2 Å². The number of hydrogen-bond donors (Lipinski definition) is 3. The first-order valence-electron chi connectivity index (χ1n) is 17.4. The molecule has 1 aromatic carbocycles. The molecule has 6 rings (SSSR count). The van der Waals surface area contributed by atoms with Gasteiger partial charge in [0.05, 0.1) is 12.7 Å².